The summed E-state index contributed by atoms with van der Waals surface area (Å²) >= 11 is 0. The first kappa shape index (κ1) is 16.8. The number of esters is 1. The summed E-state index contributed by atoms with van der Waals surface area (Å²) in [4.78, 5) is 12.4. The van der Waals surface area contributed by atoms with Gasteiger partial charge in [-0.05, 0) is 43.4 Å². The van der Waals surface area contributed by atoms with Crippen molar-refractivity contribution in [3.8, 4) is 0 Å². The van der Waals surface area contributed by atoms with Crippen LogP contribution < -0.4 is 5.32 Å². The highest BCUT2D eigenvalue weighted by Crippen LogP contribution is 2.62. The highest BCUT2D eigenvalue weighted by atomic mass is 16.6. The maximum atomic E-state index is 12.4. The van der Waals surface area contributed by atoms with Gasteiger partial charge in [-0.25, -0.2) is 0 Å². The number of hydrogen-bond donors (Lipinski definition) is 1. The normalized spacial score (nSPS) is 46.5. The Hall–Kier alpha value is -0.650. The van der Waals surface area contributed by atoms with Crippen molar-refractivity contribution >= 4 is 5.97 Å². The standard InChI is InChI=1S/C19H31NO4/c1-18-5-3-6-19(12-23-19)16(18)9-13-14(11-20-7-4-8-22-2)17(21)24-15(13)10-18/h13-16,20H,3-12H2,1-2H3/p+1/t13-,14-,15-,16+,18-,19+/m1/s1. The summed E-state index contributed by atoms with van der Waals surface area (Å²) in [6.45, 7) is 6.02. The van der Waals surface area contributed by atoms with Crippen molar-refractivity contribution < 1.29 is 24.3 Å². The van der Waals surface area contributed by atoms with E-state index in [-0.39, 0.29) is 23.6 Å². The average molecular weight is 338 g/mol. The molecule has 2 aliphatic heterocycles. The van der Waals surface area contributed by atoms with Crippen LogP contribution in [0.2, 0.25) is 0 Å². The van der Waals surface area contributed by atoms with E-state index in [0.717, 1.165) is 45.6 Å². The third-order valence-corrected chi connectivity index (χ3v) is 7.26. The van der Waals surface area contributed by atoms with Crippen LogP contribution in [0.4, 0.5) is 0 Å². The van der Waals surface area contributed by atoms with Gasteiger partial charge in [0.1, 0.15) is 12.0 Å². The molecular weight excluding hydrogens is 306 g/mol. The lowest BCUT2D eigenvalue weighted by Crippen LogP contribution is -2.86. The number of rotatable bonds is 6. The van der Waals surface area contributed by atoms with Gasteiger partial charge in [0.05, 0.1) is 31.9 Å². The Balaban J connectivity index is 1.42. The van der Waals surface area contributed by atoms with E-state index in [1.165, 1.54) is 19.3 Å². The Morgan fingerprint density at radius 3 is 2.96 bits per heavy atom. The molecule has 2 saturated carbocycles. The van der Waals surface area contributed by atoms with E-state index >= 15 is 0 Å². The van der Waals surface area contributed by atoms with Crippen LogP contribution in [0.15, 0.2) is 0 Å². The molecule has 4 rings (SSSR count). The fourth-order valence-corrected chi connectivity index (χ4v) is 5.90. The third kappa shape index (κ3) is 2.78. The van der Waals surface area contributed by atoms with Gasteiger partial charge in [0.15, 0.2) is 0 Å². The third-order valence-electron chi connectivity index (χ3n) is 7.26. The molecule has 0 amide bonds. The maximum absolute atomic E-state index is 12.4. The largest absolute Gasteiger partial charge is 0.462 e. The molecule has 5 nitrogen and oxygen atoms in total. The van der Waals surface area contributed by atoms with Gasteiger partial charge in [-0.1, -0.05) is 6.92 Å². The van der Waals surface area contributed by atoms with Crippen molar-refractivity contribution in [1.29, 1.82) is 0 Å². The van der Waals surface area contributed by atoms with Crippen LogP contribution >= 0.6 is 0 Å². The molecule has 5 heteroatoms. The zero-order chi connectivity index (χ0) is 16.8. The minimum Gasteiger partial charge on any atom is -0.462 e. The molecule has 0 radical (unpaired) electrons. The predicted molar refractivity (Wildman–Crippen MR) is 88.4 cm³/mol. The highest BCUT2D eigenvalue weighted by Gasteiger charge is 2.65. The summed E-state index contributed by atoms with van der Waals surface area (Å²) in [6, 6.07) is 0. The summed E-state index contributed by atoms with van der Waals surface area (Å²) in [6.07, 6.45) is 7.07. The van der Waals surface area contributed by atoms with Crippen LogP contribution in [0, 0.1) is 23.2 Å². The predicted octanol–water partition coefficient (Wildman–Crippen LogP) is 1.11. The van der Waals surface area contributed by atoms with Crippen molar-refractivity contribution in [1.82, 2.24) is 0 Å². The maximum Gasteiger partial charge on any atom is 0.315 e. The summed E-state index contributed by atoms with van der Waals surface area (Å²) in [7, 11) is 1.73. The molecule has 2 saturated heterocycles. The quantitative estimate of drug-likeness (QED) is 0.448. The Morgan fingerprint density at radius 1 is 1.38 bits per heavy atom. The zero-order valence-corrected chi connectivity index (χ0v) is 15.1. The molecule has 136 valence electrons. The lowest BCUT2D eigenvalue weighted by molar-refractivity contribution is -0.659. The van der Waals surface area contributed by atoms with E-state index in [2.05, 4.69) is 12.2 Å². The Morgan fingerprint density at radius 2 is 2.21 bits per heavy atom. The minimum atomic E-state index is 0.0426. The van der Waals surface area contributed by atoms with Crippen LogP contribution in [-0.4, -0.2) is 51.1 Å². The molecule has 0 unspecified atom stereocenters. The van der Waals surface area contributed by atoms with E-state index in [9.17, 15) is 4.79 Å². The monoisotopic (exact) mass is 338 g/mol. The van der Waals surface area contributed by atoms with Crippen molar-refractivity contribution in [2.75, 3.05) is 33.4 Å². The summed E-state index contributed by atoms with van der Waals surface area (Å²) in [5.41, 5.74) is 0.448. The molecule has 2 N–H and O–H groups in total. The van der Waals surface area contributed by atoms with Crippen LogP contribution in [0.3, 0.4) is 0 Å². The second-order valence-electron chi connectivity index (χ2n) is 8.76. The lowest BCUT2D eigenvalue weighted by Gasteiger charge is -2.51. The van der Waals surface area contributed by atoms with Gasteiger partial charge in [-0.15, -0.1) is 0 Å². The number of fused-ring (bicyclic) bond motifs is 3. The number of hydrogen-bond acceptors (Lipinski definition) is 4. The number of nitrogens with two attached hydrogens (primary N) is 1. The topological polar surface area (TPSA) is 64.7 Å². The van der Waals surface area contributed by atoms with E-state index in [0.29, 0.717) is 17.3 Å². The molecule has 2 aliphatic carbocycles. The first-order valence-corrected chi connectivity index (χ1v) is 9.73. The molecular formula is C19H32NO4+. The van der Waals surface area contributed by atoms with Gasteiger partial charge >= 0.3 is 5.97 Å². The van der Waals surface area contributed by atoms with Gasteiger partial charge in [0.25, 0.3) is 0 Å². The lowest BCUT2D eigenvalue weighted by atomic mass is 9.53. The molecule has 0 aromatic rings. The van der Waals surface area contributed by atoms with Crippen molar-refractivity contribution in [3.05, 3.63) is 0 Å². The van der Waals surface area contributed by atoms with Crippen LogP contribution in [0.25, 0.3) is 0 Å². The van der Waals surface area contributed by atoms with Crippen molar-refractivity contribution in [2.45, 2.75) is 57.2 Å². The molecule has 0 bridgehead atoms. The van der Waals surface area contributed by atoms with Gasteiger partial charge in [0.2, 0.25) is 0 Å². The number of epoxide rings is 1. The van der Waals surface area contributed by atoms with Crippen molar-refractivity contribution in [2.24, 2.45) is 23.2 Å². The number of carbonyl (C=O) groups is 1. The molecule has 4 aliphatic rings. The Labute approximate surface area is 144 Å². The number of ether oxygens (including phenoxy) is 3. The number of quaternary nitrogens is 1. The molecule has 0 aromatic carbocycles. The fraction of sp³-hybridized carbons (Fsp3) is 0.947. The second kappa shape index (κ2) is 6.26. The first-order valence-electron chi connectivity index (χ1n) is 9.73. The van der Waals surface area contributed by atoms with E-state index in [4.69, 9.17) is 14.2 Å². The smallest absolute Gasteiger partial charge is 0.315 e. The van der Waals surface area contributed by atoms with Crippen molar-refractivity contribution in [3.63, 3.8) is 0 Å². The molecule has 24 heavy (non-hydrogen) atoms. The second-order valence-corrected chi connectivity index (χ2v) is 8.76. The van der Waals surface area contributed by atoms with Gasteiger partial charge < -0.3 is 19.5 Å². The highest BCUT2D eigenvalue weighted by molar-refractivity contribution is 5.75. The fourth-order valence-electron chi connectivity index (χ4n) is 5.90. The average Bonchev–Trinajstić information content (AvgIpc) is 3.24. The number of methoxy groups -OCH3 is 1. The van der Waals surface area contributed by atoms with E-state index in [1.807, 2.05) is 0 Å². The van der Waals surface area contributed by atoms with Gasteiger partial charge in [-0.2, -0.15) is 0 Å². The van der Waals surface area contributed by atoms with Crippen LogP contribution in [-0.2, 0) is 19.0 Å². The van der Waals surface area contributed by atoms with E-state index in [1.54, 1.807) is 7.11 Å². The zero-order valence-electron chi connectivity index (χ0n) is 15.1. The van der Waals surface area contributed by atoms with Crippen LogP contribution in [0.1, 0.15) is 45.4 Å². The minimum absolute atomic E-state index is 0.0426. The summed E-state index contributed by atoms with van der Waals surface area (Å²) in [5, 5.41) is 2.27. The van der Waals surface area contributed by atoms with E-state index < -0.39 is 0 Å². The molecule has 1 spiro atoms. The first-order chi connectivity index (χ1) is 11.6. The van der Waals surface area contributed by atoms with Crippen LogP contribution in [0.5, 0.6) is 0 Å². The molecule has 0 aromatic heterocycles. The molecule has 6 atom stereocenters. The Kier molecular flexibility index (Phi) is 4.38. The summed E-state index contributed by atoms with van der Waals surface area (Å²) in [5.74, 6) is 1.12. The number of carbonyl (C=O) groups excluding carboxylic acids is 1. The Bertz CT molecular complexity index is 492. The SMILES string of the molecule is COCCC[NH2+]C[C@H]1C(=O)O[C@@H]2C[C@@]3(C)CCC[C@]4(CO4)[C@H]3C[C@@H]21. The van der Waals surface area contributed by atoms with Gasteiger partial charge in [-0.3, -0.25) is 4.79 Å². The summed E-state index contributed by atoms with van der Waals surface area (Å²) < 4.78 is 16.9. The molecule has 4 fully saturated rings. The molecule has 2 heterocycles. The van der Waals surface area contributed by atoms with Gasteiger partial charge in [0, 0.05) is 19.4 Å².